The van der Waals surface area contributed by atoms with E-state index >= 15 is 0 Å². The van der Waals surface area contributed by atoms with Crippen LogP contribution in [0.1, 0.15) is 62.4 Å². The summed E-state index contributed by atoms with van der Waals surface area (Å²) < 4.78 is 19.3. The summed E-state index contributed by atoms with van der Waals surface area (Å²) in [5.74, 6) is 0.900. The van der Waals surface area contributed by atoms with E-state index in [2.05, 4.69) is 25.3 Å². The van der Waals surface area contributed by atoms with Gasteiger partial charge in [0, 0.05) is 23.9 Å². The van der Waals surface area contributed by atoms with Crippen LogP contribution in [0.5, 0.6) is 5.75 Å². The second-order valence-corrected chi connectivity index (χ2v) is 10.8. The maximum atomic E-state index is 13.6. The van der Waals surface area contributed by atoms with Gasteiger partial charge in [0.25, 0.3) is 0 Å². The van der Waals surface area contributed by atoms with Crippen molar-refractivity contribution in [3.63, 3.8) is 0 Å². The monoisotopic (exact) mass is 486 g/mol. The Hall–Kier alpha value is -2.41. The quantitative estimate of drug-likeness (QED) is 0.473. The van der Waals surface area contributed by atoms with Gasteiger partial charge in [-0.3, -0.25) is 9.59 Å². The molecule has 1 aromatic carbocycles. The predicted molar refractivity (Wildman–Crippen MR) is 132 cm³/mol. The summed E-state index contributed by atoms with van der Waals surface area (Å²) >= 11 is 1.71. The van der Waals surface area contributed by atoms with Crippen molar-refractivity contribution >= 4 is 23.2 Å². The number of hydrogen-bond acceptors (Lipinski definition) is 4. The first kappa shape index (κ1) is 24.7. The highest BCUT2D eigenvalue weighted by Crippen LogP contribution is 2.34. The Kier molecular flexibility index (Phi) is 8.24. The van der Waals surface area contributed by atoms with Gasteiger partial charge in [0.1, 0.15) is 18.2 Å². The Bertz CT molecular complexity index is 969. The van der Waals surface area contributed by atoms with E-state index in [9.17, 15) is 14.0 Å². The Balaban J connectivity index is 1.48. The van der Waals surface area contributed by atoms with Crippen LogP contribution in [0.3, 0.4) is 0 Å². The number of amides is 2. The Morgan fingerprint density at radius 1 is 1.18 bits per heavy atom. The highest BCUT2D eigenvalue weighted by atomic mass is 32.1. The van der Waals surface area contributed by atoms with Crippen LogP contribution in [0.4, 0.5) is 4.39 Å². The van der Waals surface area contributed by atoms with Gasteiger partial charge >= 0.3 is 0 Å². The summed E-state index contributed by atoms with van der Waals surface area (Å²) in [6.07, 6.45) is 5.75. The van der Waals surface area contributed by atoms with Crippen LogP contribution in [-0.4, -0.2) is 47.9 Å². The number of fused-ring (bicyclic) bond motifs is 1. The lowest BCUT2D eigenvalue weighted by Crippen LogP contribution is -2.49. The zero-order valence-electron chi connectivity index (χ0n) is 20.2. The van der Waals surface area contributed by atoms with E-state index in [1.807, 2.05) is 4.90 Å². The molecule has 1 aromatic heterocycles. The molecule has 2 amide bonds. The zero-order chi connectivity index (χ0) is 24.1. The van der Waals surface area contributed by atoms with E-state index < -0.39 is 0 Å². The lowest BCUT2D eigenvalue weighted by Gasteiger charge is -2.37. The van der Waals surface area contributed by atoms with Gasteiger partial charge in [-0.15, -0.1) is 11.3 Å². The fourth-order valence-corrected chi connectivity index (χ4v) is 5.88. The summed E-state index contributed by atoms with van der Waals surface area (Å²) in [4.78, 5) is 31.8. The normalized spacial score (nSPS) is 18.2. The third-order valence-electron chi connectivity index (χ3n) is 6.96. The van der Waals surface area contributed by atoms with Crippen molar-refractivity contribution < 1.29 is 18.7 Å². The van der Waals surface area contributed by atoms with Crippen LogP contribution in [-0.2, 0) is 16.0 Å². The SMILES string of the molecule is CC(C)CCN(CC(=O)N1CCc2sccc2C1COc1ccc(F)cc1)C(=O)C1CCCC1. The largest absolute Gasteiger partial charge is 0.491 e. The minimum absolute atomic E-state index is 0.0281. The maximum absolute atomic E-state index is 13.6. The van der Waals surface area contributed by atoms with Crippen LogP contribution in [0.15, 0.2) is 35.7 Å². The molecule has 0 radical (unpaired) electrons. The van der Waals surface area contributed by atoms with E-state index in [1.165, 1.54) is 17.0 Å². The van der Waals surface area contributed by atoms with Crippen molar-refractivity contribution in [2.75, 3.05) is 26.2 Å². The molecule has 1 aliphatic carbocycles. The molecule has 2 aliphatic rings. The van der Waals surface area contributed by atoms with E-state index in [4.69, 9.17) is 4.74 Å². The molecule has 1 unspecified atom stereocenters. The number of nitrogens with zero attached hydrogens (tertiary/aromatic N) is 2. The molecule has 1 fully saturated rings. The van der Waals surface area contributed by atoms with E-state index in [-0.39, 0.29) is 36.1 Å². The number of ether oxygens (including phenoxy) is 1. The lowest BCUT2D eigenvalue weighted by molar-refractivity contribution is -0.144. The Labute approximate surface area is 205 Å². The smallest absolute Gasteiger partial charge is 0.242 e. The summed E-state index contributed by atoms with van der Waals surface area (Å²) in [6, 6.07) is 7.80. The first-order valence-electron chi connectivity index (χ1n) is 12.4. The van der Waals surface area contributed by atoms with Crippen LogP contribution >= 0.6 is 11.3 Å². The van der Waals surface area contributed by atoms with Gasteiger partial charge in [-0.1, -0.05) is 26.7 Å². The van der Waals surface area contributed by atoms with E-state index in [1.54, 1.807) is 28.4 Å². The molecule has 1 saturated carbocycles. The second kappa shape index (κ2) is 11.3. The van der Waals surface area contributed by atoms with Crippen molar-refractivity contribution in [1.29, 1.82) is 0 Å². The Morgan fingerprint density at radius 3 is 2.62 bits per heavy atom. The first-order chi connectivity index (χ1) is 16.4. The highest BCUT2D eigenvalue weighted by molar-refractivity contribution is 7.10. The molecule has 1 aliphatic heterocycles. The van der Waals surface area contributed by atoms with Gasteiger partial charge in [0.2, 0.25) is 11.8 Å². The number of thiophene rings is 1. The number of halogens is 1. The van der Waals surface area contributed by atoms with Crippen LogP contribution in [0, 0.1) is 17.7 Å². The molecule has 0 spiro atoms. The minimum atomic E-state index is -0.310. The second-order valence-electron chi connectivity index (χ2n) is 9.84. The van der Waals surface area contributed by atoms with Gasteiger partial charge in [0.15, 0.2) is 0 Å². The van der Waals surface area contributed by atoms with E-state index in [0.717, 1.165) is 44.1 Å². The number of rotatable bonds is 9. The van der Waals surface area contributed by atoms with Gasteiger partial charge in [0.05, 0.1) is 12.6 Å². The molecule has 0 N–H and O–H groups in total. The number of benzene rings is 1. The minimum Gasteiger partial charge on any atom is -0.491 e. The summed E-state index contributed by atoms with van der Waals surface area (Å²) in [5, 5.41) is 2.06. The molecule has 2 heterocycles. The molecule has 1 atom stereocenters. The molecule has 4 rings (SSSR count). The van der Waals surface area contributed by atoms with Crippen LogP contribution < -0.4 is 4.74 Å². The lowest BCUT2D eigenvalue weighted by atomic mass is 10.00. The van der Waals surface area contributed by atoms with Gasteiger partial charge in [-0.2, -0.15) is 0 Å². The van der Waals surface area contributed by atoms with E-state index in [0.29, 0.717) is 31.4 Å². The molecule has 34 heavy (non-hydrogen) atoms. The molecular formula is C27H35FN2O3S. The number of hydrogen-bond donors (Lipinski definition) is 0. The number of carbonyl (C=O) groups excluding carboxylic acids is 2. The standard InChI is InChI=1S/C27H35FN2O3S/c1-19(2)11-14-29(27(32)20-5-3-4-6-20)17-26(31)30-15-12-25-23(13-16-34-25)24(30)18-33-22-9-7-21(28)8-10-22/h7-10,13,16,19-20,24H,3-6,11-12,14-15,17-18H2,1-2H3. The average Bonchev–Trinajstić information content (AvgIpc) is 3.53. The topological polar surface area (TPSA) is 49.9 Å². The molecule has 5 nitrogen and oxygen atoms in total. The third-order valence-corrected chi connectivity index (χ3v) is 7.95. The van der Waals surface area contributed by atoms with Crippen molar-refractivity contribution in [1.82, 2.24) is 9.80 Å². The predicted octanol–water partition coefficient (Wildman–Crippen LogP) is 5.46. The van der Waals surface area contributed by atoms with Gasteiger partial charge < -0.3 is 14.5 Å². The van der Waals surface area contributed by atoms with Crippen molar-refractivity contribution in [3.8, 4) is 5.75 Å². The molecule has 2 aromatic rings. The highest BCUT2D eigenvalue weighted by Gasteiger charge is 2.35. The summed E-state index contributed by atoms with van der Waals surface area (Å²) in [5.41, 5.74) is 1.11. The fourth-order valence-electron chi connectivity index (χ4n) is 4.95. The van der Waals surface area contributed by atoms with Gasteiger partial charge in [-0.25, -0.2) is 4.39 Å². The Morgan fingerprint density at radius 2 is 1.91 bits per heavy atom. The maximum Gasteiger partial charge on any atom is 0.242 e. The molecule has 0 saturated heterocycles. The molecule has 7 heteroatoms. The molecule has 184 valence electrons. The number of carbonyl (C=O) groups is 2. The summed E-state index contributed by atoms with van der Waals surface area (Å²) in [7, 11) is 0. The van der Waals surface area contributed by atoms with Crippen molar-refractivity contribution in [3.05, 3.63) is 52.0 Å². The van der Waals surface area contributed by atoms with Crippen LogP contribution in [0.2, 0.25) is 0 Å². The first-order valence-corrected chi connectivity index (χ1v) is 13.3. The van der Waals surface area contributed by atoms with Crippen molar-refractivity contribution in [2.24, 2.45) is 11.8 Å². The van der Waals surface area contributed by atoms with Gasteiger partial charge in [-0.05, 0) is 72.9 Å². The average molecular weight is 487 g/mol. The molecule has 0 bridgehead atoms. The zero-order valence-corrected chi connectivity index (χ0v) is 21.0. The third kappa shape index (κ3) is 5.98. The fraction of sp³-hybridized carbons (Fsp3) is 0.556. The summed E-state index contributed by atoms with van der Waals surface area (Å²) in [6.45, 7) is 5.93. The van der Waals surface area contributed by atoms with Crippen molar-refractivity contribution in [2.45, 2.75) is 58.4 Å². The molecular weight excluding hydrogens is 451 g/mol. The van der Waals surface area contributed by atoms with Crippen LogP contribution in [0.25, 0.3) is 0 Å².